The first-order valence-electron chi connectivity index (χ1n) is 3.85. The molecule has 6 nitrogen and oxygen atoms in total. The minimum atomic E-state index is -0.404. The third-order valence-corrected chi connectivity index (χ3v) is 1.61. The van der Waals surface area contributed by atoms with Crippen molar-refractivity contribution in [3.05, 3.63) is 12.1 Å². The second kappa shape index (κ2) is 3.84. The number of nitrogens with one attached hydrogen (secondary N) is 2. The van der Waals surface area contributed by atoms with Crippen LogP contribution in [0, 0.1) is 0 Å². The van der Waals surface area contributed by atoms with Crippen molar-refractivity contribution in [3.8, 4) is 11.5 Å². The molecule has 1 amide bonds. The van der Waals surface area contributed by atoms with Crippen LogP contribution < -0.4 is 16.6 Å². The Kier molecular flexibility index (Phi) is 2.78. The molecule has 0 aliphatic rings. The summed E-state index contributed by atoms with van der Waals surface area (Å²) < 4.78 is 0. The Labute approximate surface area is 80.3 Å². The molecule has 0 heterocycles. The first-order chi connectivity index (χ1) is 6.56. The second-order valence-corrected chi connectivity index (χ2v) is 2.68. The van der Waals surface area contributed by atoms with E-state index in [9.17, 15) is 9.90 Å². The summed E-state index contributed by atoms with van der Waals surface area (Å²) in [5, 5.41) is 20.9. The van der Waals surface area contributed by atoms with E-state index in [1.165, 1.54) is 19.1 Å². The summed E-state index contributed by atoms with van der Waals surface area (Å²) in [7, 11) is 0. The normalized spacial score (nSPS) is 9.57. The molecular formula is C8H11N3O3. The molecule has 0 aromatic heterocycles. The highest BCUT2D eigenvalue weighted by Crippen LogP contribution is 2.38. The van der Waals surface area contributed by atoms with Gasteiger partial charge in [0.25, 0.3) is 0 Å². The Hall–Kier alpha value is -1.95. The number of benzene rings is 1. The summed E-state index contributed by atoms with van der Waals surface area (Å²) in [5.41, 5.74) is 2.56. The molecule has 0 bridgehead atoms. The fourth-order valence-corrected chi connectivity index (χ4v) is 1.02. The molecule has 0 spiro atoms. The molecule has 0 saturated carbocycles. The van der Waals surface area contributed by atoms with E-state index >= 15 is 0 Å². The number of phenols is 2. The fraction of sp³-hybridized carbons (Fsp3) is 0.125. The van der Waals surface area contributed by atoms with Crippen molar-refractivity contribution < 1.29 is 15.0 Å². The number of carbonyl (C=O) groups excluding carboxylic acids is 1. The zero-order chi connectivity index (χ0) is 10.7. The lowest BCUT2D eigenvalue weighted by Gasteiger charge is -2.11. The molecule has 0 unspecified atom stereocenters. The van der Waals surface area contributed by atoms with Crippen LogP contribution in [0.3, 0.4) is 0 Å². The van der Waals surface area contributed by atoms with Gasteiger partial charge in [-0.1, -0.05) is 0 Å². The maximum absolute atomic E-state index is 10.8. The summed E-state index contributed by atoms with van der Waals surface area (Å²) >= 11 is 0. The standard InChI is InChI=1S/C8H11N3O3/c1-4(12)10-5-2-3-6(13)8(14)7(5)11-9/h2-3,11,13-14H,9H2,1H3,(H,10,12). The topological polar surface area (TPSA) is 108 Å². The van der Waals surface area contributed by atoms with Crippen molar-refractivity contribution in [2.75, 3.05) is 10.7 Å². The van der Waals surface area contributed by atoms with E-state index < -0.39 is 5.75 Å². The summed E-state index contributed by atoms with van der Waals surface area (Å²) in [6.07, 6.45) is 0. The highest BCUT2D eigenvalue weighted by molar-refractivity contribution is 5.94. The third kappa shape index (κ3) is 1.86. The maximum atomic E-state index is 10.8. The van der Waals surface area contributed by atoms with E-state index in [-0.39, 0.29) is 17.3 Å². The Balaban J connectivity index is 3.17. The summed E-state index contributed by atoms with van der Waals surface area (Å²) in [4.78, 5) is 10.8. The van der Waals surface area contributed by atoms with Crippen LogP contribution in [-0.2, 0) is 4.79 Å². The van der Waals surface area contributed by atoms with Gasteiger partial charge in [-0.25, -0.2) is 0 Å². The number of hydrogen-bond donors (Lipinski definition) is 5. The van der Waals surface area contributed by atoms with Crippen LogP contribution in [0.1, 0.15) is 6.92 Å². The van der Waals surface area contributed by atoms with Crippen LogP contribution in [-0.4, -0.2) is 16.1 Å². The lowest BCUT2D eigenvalue weighted by molar-refractivity contribution is -0.114. The van der Waals surface area contributed by atoms with Crippen molar-refractivity contribution >= 4 is 17.3 Å². The summed E-state index contributed by atoms with van der Waals surface area (Å²) in [5.74, 6) is 4.11. The second-order valence-electron chi connectivity index (χ2n) is 2.68. The third-order valence-electron chi connectivity index (χ3n) is 1.61. The number of amides is 1. The molecule has 0 atom stereocenters. The van der Waals surface area contributed by atoms with Crippen molar-refractivity contribution in [1.82, 2.24) is 0 Å². The zero-order valence-corrected chi connectivity index (χ0v) is 7.53. The Morgan fingerprint density at radius 3 is 2.57 bits per heavy atom. The zero-order valence-electron chi connectivity index (χ0n) is 7.53. The van der Waals surface area contributed by atoms with E-state index in [2.05, 4.69) is 10.7 Å². The number of carbonyl (C=O) groups is 1. The van der Waals surface area contributed by atoms with Gasteiger partial charge in [-0.3, -0.25) is 10.6 Å². The van der Waals surface area contributed by atoms with Crippen LogP contribution in [0.5, 0.6) is 11.5 Å². The number of nitrogens with two attached hydrogens (primary N) is 1. The molecule has 1 rings (SSSR count). The van der Waals surface area contributed by atoms with Crippen LogP contribution in [0.4, 0.5) is 11.4 Å². The van der Waals surface area contributed by atoms with Crippen molar-refractivity contribution in [2.24, 2.45) is 5.84 Å². The number of anilines is 2. The number of rotatable bonds is 2. The van der Waals surface area contributed by atoms with E-state index in [0.717, 1.165) is 0 Å². The van der Waals surface area contributed by atoms with E-state index in [1.807, 2.05) is 0 Å². The van der Waals surface area contributed by atoms with Gasteiger partial charge in [-0.15, -0.1) is 0 Å². The van der Waals surface area contributed by atoms with Crippen molar-refractivity contribution in [2.45, 2.75) is 6.92 Å². The Morgan fingerprint density at radius 2 is 2.07 bits per heavy atom. The monoisotopic (exact) mass is 197 g/mol. The highest BCUT2D eigenvalue weighted by atomic mass is 16.3. The summed E-state index contributed by atoms with van der Waals surface area (Å²) in [6, 6.07) is 2.67. The lowest BCUT2D eigenvalue weighted by Crippen LogP contribution is -2.13. The highest BCUT2D eigenvalue weighted by Gasteiger charge is 2.11. The molecule has 76 valence electrons. The van der Waals surface area contributed by atoms with Gasteiger partial charge in [0.15, 0.2) is 11.5 Å². The molecule has 0 fully saturated rings. The SMILES string of the molecule is CC(=O)Nc1ccc(O)c(O)c1NN. The molecule has 0 aliphatic carbocycles. The molecule has 0 saturated heterocycles. The molecule has 0 radical (unpaired) electrons. The van der Waals surface area contributed by atoms with Crippen molar-refractivity contribution in [3.63, 3.8) is 0 Å². The van der Waals surface area contributed by atoms with Crippen LogP contribution in [0.15, 0.2) is 12.1 Å². The van der Waals surface area contributed by atoms with Gasteiger partial charge in [0.2, 0.25) is 5.91 Å². The van der Waals surface area contributed by atoms with Gasteiger partial charge in [-0.2, -0.15) is 0 Å². The molecule has 1 aromatic rings. The summed E-state index contributed by atoms with van der Waals surface area (Å²) in [6.45, 7) is 1.32. The first-order valence-corrected chi connectivity index (χ1v) is 3.85. The van der Waals surface area contributed by atoms with Crippen LogP contribution >= 0.6 is 0 Å². The minimum absolute atomic E-state index is 0.0696. The Bertz CT molecular complexity index is 365. The Morgan fingerprint density at radius 1 is 1.43 bits per heavy atom. The molecular weight excluding hydrogens is 186 g/mol. The number of phenolic OH excluding ortho intramolecular Hbond substituents is 2. The number of aromatic hydroxyl groups is 2. The van der Waals surface area contributed by atoms with Crippen molar-refractivity contribution in [1.29, 1.82) is 0 Å². The van der Waals surface area contributed by atoms with Gasteiger partial charge >= 0.3 is 0 Å². The van der Waals surface area contributed by atoms with E-state index in [1.54, 1.807) is 0 Å². The van der Waals surface area contributed by atoms with E-state index in [4.69, 9.17) is 10.9 Å². The van der Waals surface area contributed by atoms with Gasteiger partial charge in [0.05, 0.1) is 5.69 Å². The number of hydrogen-bond acceptors (Lipinski definition) is 5. The predicted molar refractivity (Wildman–Crippen MR) is 51.9 cm³/mol. The van der Waals surface area contributed by atoms with Gasteiger partial charge in [0.1, 0.15) is 5.69 Å². The average Bonchev–Trinajstić information content (AvgIpc) is 2.11. The molecule has 6 N–H and O–H groups in total. The van der Waals surface area contributed by atoms with Crippen LogP contribution in [0.2, 0.25) is 0 Å². The lowest BCUT2D eigenvalue weighted by atomic mass is 10.2. The maximum Gasteiger partial charge on any atom is 0.221 e. The molecule has 1 aromatic carbocycles. The van der Waals surface area contributed by atoms with Gasteiger partial charge in [-0.05, 0) is 12.1 Å². The minimum Gasteiger partial charge on any atom is -0.504 e. The molecule has 14 heavy (non-hydrogen) atoms. The number of nitrogen functional groups attached to an aromatic ring is 1. The van der Waals surface area contributed by atoms with Gasteiger partial charge < -0.3 is 21.0 Å². The fourth-order valence-electron chi connectivity index (χ4n) is 1.02. The largest absolute Gasteiger partial charge is 0.504 e. The molecule has 6 heteroatoms. The quantitative estimate of drug-likeness (QED) is 0.203. The average molecular weight is 197 g/mol. The number of hydrazine groups is 1. The first kappa shape index (κ1) is 10.1. The van der Waals surface area contributed by atoms with E-state index in [0.29, 0.717) is 5.69 Å². The van der Waals surface area contributed by atoms with Gasteiger partial charge in [0, 0.05) is 6.92 Å². The molecule has 0 aliphatic heterocycles. The predicted octanol–water partition coefficient (Wildman–Crippen LogP) is 0.342. The van der Waals surface area contributed by atoms with Crippen LogP contribution in [0.25, 0.3) is 0 Å². The smallest absolute Gasteiger partial charge is 0.221 e.